The Morgan fingerprint density at radius 2 is 0.583 bits per heavy atom. The van der Waals surface area contributed by atoms with Gasteiger partial charge >= 0.3 is 0 Å². The van der Waals surface area contributed by atoms with Gasteiger partial charge in [-0.05, 0) is 221 Å². The molecule has 0 saturated heterocycles. The topological polar surface area (TPSA) is 6.48 Å². The molecule has 2 aliphatic heterocycles. The van der Waals surface area contributed by atoms with E-state index in [1.807, 2.05) is 23.5 Å². The van der Waals surface area contributed by atoms with Crippen molar-refractivity contribution in [3.05, 3.63) is 311 Å². The lowest BCUT2D eigenvalue weighted by atomic mass is 9.74. The van der Waals surface area contributed by atoms with Crippen LogP contribution >= 0.6 is 23.5 Å². The predicted octanol–water partition coefficient (Wildman–Crippen LogP) is 21.3. The van der Waals surface area contributed by atoms with E-state index in [2.05, 4.69) is 277 Å². The first-order valence-electron chi connectivity index (χ1n) is 29.6. The first-order chi connectivity index (χ1) is 41.6. The molecule has 4 aliphatic carbocycles. The molecule has 0 N–H and O–H groups in total. The van der Waals surface area contributed by atoms with Gasteiger partial charge in [0, 0.05) is 41.8 Å². The van der Waals surface area contributed by atoms with Crippen molar-refractivity contribution in [3.8, 4) is 44.5 Å². The molecule has 0 unspecified atom stereocenters. The second-order valence-corrected chi connectivity index (χ2v) is 26.1. The fourth-order valence-electron chi connectivity index (χ4n) is 16.3. The van der Waals surface area contributed by atoms with Gasteiger partial charge in [0.05, 0.1) is 22.7 Å². The van der Waals surface area contributed by atoms with Crippen LogP contribution in [-0.4, -0.2) is 0 Å². The van der Waals surface area contributed by atoms with Crippen LogP contribution in [0.1, 0.15) is 44.5 Å². The summed E-state index contributed by atoms with van der Waals surface area (Å²) in [6, 6.07) is 103. The molecule has 0 radical (unpaired) electrons. The first kappa shape index (κ1) is 47.2. The van der Waals surface area contributed by atoms with Crippen molar-refractivity contribution in [3.63, 3.8) is 0 Å². The van der Waals surface area contributed by atoms with Gasteiger partial charge in [0.2, 0.25) is 0 Å². The molecular weight excluding hydrogens is 1050 g/mol. The van der Waals surface area contributed by atoms with Crippen molar-refractivity contribution in [2.75, 3.05) is 9.80 Å². The van der Waals surface area contributed by atoms with E-state index in [0.717, 1.165) is 37.1 Å². The highest BCUT2D eigenvalue weighted by molar-refractivity contribution is 8.00. The number of hydrogen-bond donors (Lipinski definition) is 0. The fraction of sp³-hybridized carbons (Fsp3) is 0.0750. The Kier molecular flexibility index (Phi) is 9.89. The van der Waals surface area contributed by atoms with Gasteiger partial charge in [-0.1, -0.05) is 206 Å². The van der Waals surface area contributed by atoms with Gasteiger partial charge in [0.1, 0.15) is 0 Å². The quantitative estimate of drug-likeness (QED) is 0.162. The summed E-state index contributed by atoms with van der Waals surface area (Å²) in [5, 5.41) is 4.97. The van der Waals surface area contributed by atoms with E-state index in [1.165, 1.54) is 153 Å². The van der Waals surface area contributed by atoms with Gasteiger partial charge in [0.25, 0.3) is 0 Å². The molecule has 4 heteroatoms. The molecule has 394 valence electrons. The van der Waals surface area contributed by atoms with Gasteiger partial charge in [-0.3, -0.25) is 0 Å². The molecule has 2 nitrogen and oxygen atoms in total. The zero-order chi connectivity index (χ0) is 54.8. The van der Waals surface area contributed by atoms with Crippen LogP contribution in [-0.2, 0) is 36.5 Å². The number of anilines is 6. The summed E-state index contributed by atoms with van der Waals surface area (Å²) in [5.74, 6) is 0. The van der Waals surface area contributed by atoms with Crippen molar-refractivity contribution in [2.24, 2.45) is 0 Å². The first-order valence-corrected chi connectivity index (χ1v) is 31.2. The van der Waals surface area contributed by atoms with Crippen LogP contribution in [0.15, 0.2) is 287 Å². The number of fused-ring (bicyclic) bond motifs is 18. The average molecular weight is 1110 g/mol. The molecule has 2 spiro atoms. The molecule has 0 aromatic heterocycles. The van der Waals surface area contributed by atoms with E-state index in [4.69, 9.17) is 0 Å². The maximum atomic E-state index is 2.63. The van der Waals surface area contributed by atoms with Crippen LogP contribution in [0, 0.1) is 0 Å². The molecule has 0 bridgehead atoms. The minimum atomic E-state index is -0.167. The van der Waals surface area contributed by atoms with E-state index >= 15 is 0 Å². The fourth-order valence-corrected chi connectivity index (χ4v) is 18.4. The molecule has 13 aromatic carbocycles. The molecule has 13 aromatic rings. The van der Waals surface area contributed by atoms with Crippen LogP contribution in [0.25, 0.3) is 66.1 Å². The standard InChI is InChI=1S/C80H52N2S2/c1-2-18-52-46-79(45-51(52)17-1)65-23-7-5-21-57(65)59-37-33-49(41-67(59)79)77-61-39-35-56(82-71-27-11-15-31-75(71)84-76-32-16-12-28-72(76)82)44-64(61)78(62-40-36-55(43-63(62)77)81-69-25-9-13-29-73(69)83-74-30-14-10-26-70(74)81)50-34-38-60-58-22-6-8-24-66(58)80(68(60)42-50)47-53-19-3-4-20-54(53)48-80/h1-44H,45-48H2. The Balaban J connectivity index is 0.922. The van der Waals surface area contributed by atoms with Gasteiger partial charge < -0.3 is 9.80 Å². The lowest BCUT2D eigenvalue weighted by Gasteiger charge is -2.34. The normalized spacial score (nSPS) is 15.5. The molecule has 0 saturated carbocycles. The Hall–Kier alpha value is -9.32. The molecule has 0 fully saturated rings. The summed E-state index contributed by atoms with van der Waals surface area (Å²) < 4.78 is 0. The predicted molar refractivity (Wildman–Crippen MR) is 350 cm³/mol. The number of hydrogen-bond acceptors (Lipinski definition) is 4. The van der Waals surface area contributed by atoms with Crippen LogP contribution in [0.5, 0.6) is 0 Å². The third-order valence-electron chi connectivity index (χ3n) is 19.8. The largest absolute Gasteiger partial charge is 0.308 e. The number of para-hydroxylation sites is 4. The van der Waals surface area contributed by atoms with Crippen molar-refractivity contribution in [1.29, 1.82) is 0 Å². The second kappa shape index (κ2) is 17.6. The van der Waals surface area contributed by atoms with Gasteiger partial charge in [-0.25, -0.2) is 0 Å². The zero-order valence-corrected chi connectivity index (χ0v) is 47.6. The Bertz CT molecular complexity index is 4570. The van der Waals surface area contributed by atoms with Crippen LogP contribution in [0.4, 0.5) is 34.1 Å². The van der Waals surface area contributed by atoms with E-state index < -0.39 is 0 Å². The Morgan fingerprint density at radius 1 is 0.262 bits per heavy atom. The van der Waals surface area contributed by atoms with E-state index in [-0.39, 0.29) is 10.8 Å². The molecule has 0 atom stereocenters. The third kappa shape index (κ3) is 6.56. The number of benzene rings is 13. The van der Waals surface area contributed by atoms with Crippen molar-refractivity contribution >= 4 is 79.2 Å². The van der Waals surface area contributed by atoms with E-state index in [0.29, 0.717) is 0 Å². The Labute approximate surface area is 497 Å². The smallest absolute Gasteiger partial charge is 0.0601 e. The third-order valence-corrected chi connectivity index (χ3v) is 22.0. The Morgan fingerprint density at radius 3 is 0.964 bits per heavy atom. The number of rotatable bonds is 4. The summed E-state index contributed by atoms with van der Waals surface area (Å²) in [6.07, 6.45) is 3.95. The van der Waals surface area contributed by atoms with E-state index in [1.54, 1.807) is 0 Å². The summed E-state index contributed by atoms with van der Waals surface area (Å²) in [5.41, 5.74) is 28.9. The lowest BCUT2D eigenvalue weighted by Crippen LogP contribution is -2.25. The number of nitrogens with zero attached hydrogens (tertiary/aromatic N) is 2. The van der Waals surface area contributed by atoms with Gasteiger partial charge in [-0.2, -0.15) is 0 Å². The van der Waals surface area contributed by atoms with Crippen molar-refractivity contribution < 1.29 is 0 Å². The second-order valence-electron chi connectivity index (χ2n) is 24.0. The summed E-state index contributed by atoms with van der Waals surface area (Å²) in [6.45, 7) is 0. The zero-order valence-electron chi connectivity index (χ0n) is 45.9. The van der Waals surface area contributed by atoms with E-state index in [9.17, 15) is 0 Å². The van der Waals surface area contributed by atoms with Gasteiger partial charge in [-0.15, -0.1) is 0 Å². The van der Waals surface area contributed by atoms with Crippen LogP contribution in [0.3, 0.4) is 0 Å². The molecule has 0 amide bonds. The highest BCUT2D eigenvalue weighted by Crippen LogP contribution is 2.61. The maximum absolute atomic E-state index is 2.63. The highest BCUT2D eigenvalue weighted by Gasteiger charge is 2.49. The monoisotopic (exact) mass is 1100 g/mol. The molecule has 84 heavy (non-hydrogen) atoms. The minimum Gasteiger partial charge on any atom is -0.308 e. The van der Waals surface area contributed by atoms with Crippen molar-refractivity contribution in [1.82, 2.24) is 0 Å². The summed E-state index contributed by atoms with van der Waals surface area (Å²) >= 11 is 3.73. The molecule has 2 heterocycles. The van der Waals surface area contributed by atoms with Crippen LogP contribution in [0.2, 0.25) is 0 Å². The SMILES string of the molecule is c1ccc2c(c1)CC1(C2)c2ccccc2-c2ccc(-c3c4ccc(N5c6ccccc6Sc6ccccc65)cc4c(-c4ccc5c(c4)C4(Cc6ccccc6C4)c4ccccc4-5)c4ccc(N5c6ccccc6Sc6ccccc65)cc34)cc21. The molecule has 6 aliphatic rings. The maximum Gasteiger partial charge on any atom is 0.0601 e. The van der Waals surface area contributed by atoms with Gasteiger partial charge in [0.15, 0.2) is 0 Å². The highest BCUT2D eigenvalue weighted by atomic mass is 32.2. The van der Waals surface area contributed by atoms with Crippen molar-refractivity contribution in [2.45, 2.75) is 56.1 Å². The average Bonchev–Trinajstić information content (AvgIpc) is 1.91. The summed E-state index contributed by atoms with van der Waals surface area (Å²) in [4.78, 5) is 10.0. The molecular formula is C80H52N2S2. The summed E-state index contributed by atoms with van der Waals surface area (Å²) in [7, 11) is 0. The lowest BCUT2D eigenvalue weighted by molar-refractivity contribution is 0.563. The minimum absolute atomic E-state index is 0.167. The molecule has 19 rings (SSSR count). The van der Waals surface area contributed by atoms with Crippen LogP contribution < -0.4 is 9.80 Å².